The minimum Gasteiger partial charge on any atom is -0.463 e. The lowest BCUT2D eigenvalue weighted by molar-refractivity contribution is -0.234. The number of fused-ring (bicyclic) bond motifs is 2. The van der Waals surface area contributed by atoms with Gasteiger partial charge in [-0.2, -0.15) is 0 Å². The van der Waals surface area contributed by atoms with E-state index >= 15 is 14.4 Å². The van der Waals surface area contributed by atoms with Crippen LogP contribution in [0.4, 0.5) is 0 Å². The molecule has 10 saturated carbocycles. The number of hydrogen-bond acceptors (Lipinski definition) is 11. The number of cyclic esters (lactones) is 1. The molecule has 10 bridgehead atoms. The van der Waals surface area contributed by atoms with Crippen LogP contribution in [0.3, 0.4) is 0 Å². The molecule has 1 heterocycles. The minimum absolute atomic E-state index is 0.0184. The smallest absolute Gasteiger partial charge is 0.347 e. The summed E-state index contributed by atoms with van der Waals surface area (Å²) in [6.07, 6.45) is 12.4. The first-order valence-electron chi connectivity index (χ1n) is 31.3. The van der Waals surface area contributed by atoms with E-state index in [0.29, 0.717) is 73.9 Å². The van der Waals surface area contributed by atoms with Crippen molar-refractivity contribution >= 4 is 40.7 Å². The third-order valence-electron chi connectivity index (χ3n) is 22.6. The lowest BCUT2D eigenvalue weighted by atomic mass is 9.47. The number of hydrogen-bond donors (Lipinski definition) is 1. The molecule has 0 amide bonds. The maximum Gasteiger partial charge on any atom is 0.347 e. The molecule has 1 N–H and O–H groups in total. The van der Waals surface area contributed by atoms with Crippen LogP contribution < -0.4 is 4.74 Å². The Morgan fingerprint density at radius 2 is 1.22 bits per heavy atom. The Bertz CT molecular complexity index is 2760. The van der Waals surface area contributed by atoms with Crippen molar-refractivity contribution in [3.05, 3.63) is 84.9 Å². The van der Waals surface area contributed by atoms with Gasteiger partial charge < -0.3 is 28.8 Å². The maximum atomic E-state index is 16.0. The molecule has 1 saturated heterocycles. The molecule has 81 heavy (non-hydrogen) atoms. The fourth-order valence-corrected chi connectivity index (χ4v) is 21.7. The quantitative estimate of drug-likeness (QED) is 0.0498. The van der Waals surface area contributed by atoms with E-state index in [2.05, 4.69) is 45.0 Å². The molecule has 1 aliphatic heterocycles. The molecule has 11 aliphatic rings. The Hall–Kier alpha value is -4.68. The largest absolute Gasteiger partial charge is 0.463 e. The van der Waals surface area contributed by atoms with Gasteiger partial charge in [-0.25, -0.2) is 4.79 Å². The minimum atomic E-state index is -1.54. The standard InChI is InChI=1S/C69H89O11S/c1-42(2)69(51-28-44-26-45(30-51)31-52(69)29-44)80-62(73)65(6,39-57-43(3)48-18-19-49(57)32-48)37-50(59(70)78-58-24-25-76-60(58)71)38-66(7,63(74)79-68-35-46-27-47(36-68)34-67(75,33-46)41-68)40-64(4,5)61(72)77-53-20-22-56(23-21-53)81(54-14-10-8-11-15-54)55-16-12-9-13-17-55/h8-17,20-23,42-52,57-58,75H,18-19,24-41H2,1-7H3/q+1. The van der Waals surface area contributed by atoms with Crippen molar-refractivity contribution in [2.75, 3.05) is 6.61 Å². The van der Waals surface area contributed by atoms with E-state index in [4.69, 9.17) is 23.7 Å². The van der Waals surface area contributed by atoms with Gasteiger partial charge in [0.1, 0.15) is 17.0 Å². The van der Waals surface area contributed by atoms with Crippen LogP contribution in [0.25, 0.3) is 0 Å². The second-order valence-electron chi connectivity index (χ2n) is 29.5. The maximum absolute atomic E-state index is 16.0. The Labute approximate surface area is 483 Å². The van der Waals surface area contributed by atoms with Crippen molar-refractivity contribution in [2.24, 2.45) is 87.3 Å². The Morgan fingerprint density at radius 1 is 0.667 bits per heavy atom. The van der Waals surface area contributed by atoms with Gasteiger partial charge in [0.2, 0.25) is 6.10 Å². The molecule has 10 aliphatic carbocycles. The molecule has 14 rings (SSSR count). The van der Waals surface area contributed by atoms with Gasteiger partial charge in [0.15, 0.2) is 14.7 Å². The summed E-state index contributed by atoms with van der Waals surface area (Å²) in [4.78, 5) is 78.8. The SMILES string of the molecule is CC1C2CCC(C2)C1CC(C)(CC(CC(C)(CC(C)(C)C(=O)Oc1ccc([S+](c2ccccc2)c2ccccc2)cc1)C(=O)OC12CC3CC(CC(O)(C3)C1)C2)C(=O)OC1CCOC1=O)C(=O)OC1(C(C)C)C2CC3CC(C2)CC1C3. The highest BCUT2D eigenvalue weighted by Gasteiger charge is 2.64. The molecular weight excluding hydrogens is 1040 g/mol. The summed E-state index contributed by atoms with van der Waals surface area (Å²) < 4.78 is 32.1. The third-order valence-corrected chi connectivity index (χ3v) is 24.8. The van der Waals surface area contributed by atoms with Gasteiger partial charge in [0, 0.05) is 12.8 Å². The summed E-state index contributed by atoms with van der Waals surface area (Å²) in [5.74, 6) is 0.688. The lowest BCUT2D eigenvalue weighted by Crippen LogP contribution is -2.63. The second-order valence-corrected chi connectivity index (χ2v) is 31.5. The van der Waals surface area contributed by atoms with E-state index in [9.17, 15) is 14.7 Å². The van der Waals surface area contributed by atoms with Crippen molar-refractivity contribution in [1.82, 2.24) is 0 Å². The highest BCUT2D eigenvalue weighted by molar-refractivity contribution is 7.97. The van der Waals surface area contributed by atoms with Crippen LogP contribution in [0.15, 0.2) is 99.6 Å². The van der Waals surface area contributed by atoms with Crippen molar-refractivity contribution in [1.29, 1.82) is 0 Å². The van der Waals surface area contributed by atoms with E-state index < -0.39 is 79.8 Å². The molecule has 3 aromatic rings. The van der Waals surface area contributed by atoms with Gasteiger partial charge in [-0.1, -0.05) is 57.2 Å². The molecule has 10 unspecified atom stereocenters. The molecule has 11 fully saturated rings. The Morgan fingerprint density at radius 3 is 1.77 bits per heavy atom. The van der Waals surface area contributed by atoms with E-state index in [0.717, 1.165) is 59.6 Å². The number of benzene rings is 3. The van der Waals surface area contributed by atoms with Gasteiger partial charge in [0.25, 0.3) is 0 Å². The average molecular weight is 1130 g/mol. The van der Waals surface area contributed by atoms with Gasteiger partial charge in [-0.15, -0.1) is 0 Å². The van der Waals surface area contributed by atoms with Gasteiger partial charge in [0.05, 0.1) is 45.3 Å². The Kier molecular flexibility index (Phi) is 15.0. The fourth-order valence-electron chi connectivity index (χ4n) is 19.7. The molecule has 0 radical (unpaired) electrons. The molecule has 0 spiro atoms. The topological polar surface area (TPSA) is 152 Å². The van der Waals surface area contributed by atoms with Crippen LogP contribution in [0, 0.1) is 87.3 Å². The van der Waals surface area contributed by atoms with Crippen molar-refractivity contribution in [2.45, 2.75) is 208 Å². The molecule has 436 valence electrons. The van der Waals surface area contributed by atoms with Gasteiger partial charge in [-0.05, 0) is 250 Å². The van der Waals surface area contributed by atoms with Crippen molar-refractivity contribution in [3.8, 4) is 5.75 Å². The van der Waals surface area contributed by atoms with E-state index in [1.54, 1.807) is 20.8 Å². The number of aliphatic hydroxyl groups is 1. The van der Waals surface area contributed by atoms with Gasteiger partial charge in [-0.3, -0.25) is 19.2 Å². The number of esters is 5. The molecule has 11 nitrogen and oxygen atoms in total. The number of carbonyl (C=O) groups is 5. The summed E-state index contributed by atoms with van der Waals surface area (Å²) in [6, 6.07) is 28.4. The zero-order valence-electron chi connectivity index (χ0n) is 49.2. The first kappa shape index (κ1) is 56.8. The zero-order chi connectivity index (χ0) is 56.9. The van der Waals surface area contributed by atoms with Crippen LogP contribution in [0.2, 0.25) is 0 Å². The summed E-state index contributed by atoms with van der Waals surface area (Å²) >= 11 is 0. The lowest BCUT2D eigenvalue weighted by Gasteiger charge is -2.62. The first-order chi connectivity index (χ1) is 38.5. The van der Waals surface area contributed by atoms with E-state index in [-0.39, 0.29) is 73.8 Å². The molecule has 3 aromatic carbocycles. The van der Waals surface area contributed by atoms with Crippen LogP contribution in [-0.4, -0.2) is 64.5 Å². The zero-order valence-corrected chi connectivity index (χ0v) is 50.0. The summed E-state index contributed by atoms with van der Waals surface area (Å²) in [5, 5.41) is 11.9. The summed E-state index contributed by atoms with van der Waals surface area (Å²) in [7, 11) is -0.416. The number of rotatable bonds is 20. The molecule has 0 aromatic heterocycles. The normalized spacial score (nSPS) is 36.0. The van der Waals surface area contributed by atoms with Crippen LogP contribution in [-0.2, 0) is 53.8 Å². The van der Waals surface area contributed by atoms with Gasteiger partial charge >= 0.3 is 29.8 Å². The molecule has 10 atom stereocenters. The molecular formula is C69H89O11S+. The van der Waals surface area contributed by atoms with Crippen LogP contribution in [0.1, 0.15) is 170 Å². The highest BCUT2D eigenvalue weighted by atomic mass is 32.2. The van der Waals surface area contributed by atoms with Crippen molar-refractivity contribution < 1.29 is 52.8 Å². The fraction of sp³-hybridized carbons (Fsp3) is 0.667. The summed E-state index contributed by atoms with van der Waals surface area (Å²) in [5.41, 5.74) is -6.48. The summed E-state index contributed by atoms with van der Waals surface area (Å²) in [6.45, 7) is 14.3. The van der Waals surface area contributed by atoms with Crippen molar-refractivity contribution in [3.63, 3.8) is 0 Å². The first-order valence-corrected chi connectivity index (χ1v) is 32.5. The number of carbonyl (C=O) groups excluding carboxylic acids is 5. The predicted octanol–water partition coefficient (Wildman–Crippen LogP) is 13.5. The Balaban J connectivity index is 0.880. The highest BCUT2D eigenvalue weighted by Crippen LogP contribution is 2.64. The average Bonchev–Trinajstić information content (AvgIpc) is 4.24. The third kappa shape index (κ3) is 10.8. The van der Waals surface area contributed by atoms with Crippen LogP contribution >= 0.6 is 0 Å². The van der Waals surface area contributed by atoms with Crippen LogP contribution in [0.5, 0.6) is 5.75 Å². The van der Waals surface area contributed by atoms with E-state index in [1.807, 2.05) is 67.6 Å². The second kappa shape index (κ2) is 21.4. The predicted molar refractivity (Wildman–Crippen MR) is 307 cm³/mol. The molecule has 12 heteroatoms. The monoisotopic (exact) mass is 1130 g/mol. The number of ether oxygens (including phenoxy) is 5. The van der Waals surface area contributed by atoms with E-state index in [1.165, 1.54) is 12.8 Å².